The molecule has 0 aromatic carbocycles. The predicted molar refractivity (Wildman–Crippen MR) is 283 cm³/mol. The zero-order valence-electron chi connectivity index (χ0n) is 45.3. The Labute approximate surface area is 419 Å². The molecule has 10 nitrogen and oxygen atoms in total. The molecule has 0 bridgehead atoms. The van der Waals surface area contributed by atoms with Gasteiger partial charge in [-0.15, -0.1) is 0 Å². The molecule has 0 aliphatic carbocycles. The largest absolute Gasteiger partial charge is 0.466 e. The maximum absolute atomic E-state index is 12.6. The van der Waals surface area contributed by atoms with E-state index in [-0.39, 0.29) is 76.8 Å². The molecule has 10 heteroatoms. The molecule has 0 fully saturated rings. The molecule has 0 spiro atoms. The molecule has 0 radical (unpaired) electrons. The van der Waals surface area contributed by atoms with Crippen LogP contribution in [0.3, 0.4) is 0 Å². The average molecular weight is 963 g/mol. The number of carbonyl (C=O) groups excluding carboxylic acids is 3. The third-order valence-electron chi connectivity index (χ3n) is 12.6. The number of quaternary nitrogens is 1. The Hall–Kier alpha value is -2.53. The van der Waals surface area contributed by atoms with Crippen molar-refractivity contribution in [3.05, 3.63) is 36.5 Å². The van der Waals surface area contributed by atoms with Crippen LogP contribution in [0, 0.1) is 0 Å². The molecular weight excluding hydrogens is 855 g/mol. The molecule has 68 heavy (non-hydrogen) atoms. The van der Waals surface area contributed by atoms with E-state index in [0.717, 1.165) is 57.8 Å². The minimum Gasteiger partial charge on any atom is -0.466 e. The van der Waals surface area contributed by atoms with Crippen LogP contribution in [0.15, 0.2) is 36.5 Å². The molecule has 0 aliphatic heterocycles. The van der Waals surface area contributed by atoms with E-state index in [1.165, 1.54) is 135 Å². The molecular formula is C58H108NO9+. The molecule has 0 aromatic rings. The minimum absolute atomic E-state index is 0.159. The quantitative estimate of drug-likeness (QED) is 0.0194. The summed E-state index contributed by atoms with van der Waals surface area (Å²) in [6, 6.07) is 0. The molecule has 0 rings (SSSR count). The van der Waals surface area contributed by atoms with Crippen LogP contribution >= 0.6 is 0 Å². The normalized spacial score (nSPS) is 13.0. The van der Waals surface area contributed by atoms with Gasteiger partial charge >= 0.3 is 17.9 Å². The van der Waals surface area contributed by atoms with Gasteiger partial charge in [-0.25, -0.2) is 0 Å². The first-order chi connectivity index (χ1) is 33.1. The first kappa shape index (κ1) is 65.5. The second-order valence-corrected chi connectivity index (χ2v) is 19.9. The van der Waals surface area contributed by atoms with E-state index in [1.54, 1.807) is 0 Å². The van der Waals surface area contributed by atoms with E-state index in [9.17, 15) is 14.4 Å². The number of esters is 3. The van der Waals surface area contributed by atoms with Crippen LogP contribution in [0.4, 0.5) is 0 Å². The monoisotopic (exact) mass is 963 g/mol. The van der Waals surface area contributed by atoms with Crippen molar-refractivity contribution < 1.29 is 47.3 Å². The van der Waals surface area contributed by atoms with Crippen LogP contribution in [0.5, 0.6) is 0 Å². The second-order valence-electron chi connectivity index (χ2n) is 19.9. The third-order valence-corrected chi connectivity index (χ3v) is 12.6. The number of carbonyl (C=O) groups is 3. The summed E-state index contributed by atoms with van der Waals surface area (Å²) in [5.41, 5.74) is -0.681. The highest BCUT2D eigenvalue weighted by molar-refractivity contribution is 5.70. The van der Waals surface area contributed by atoms with Gasteiger partial charge in [0.25, 0.3) is 0 Å². The molecule has 0 aromatic heterocycles. The fourth-order valence-corrected chi connectivity index (χ4v) is 7.62. The zero-order valence-corrected chi connectivity index (χ0v) is 45.3. The molecule has 398 valence electrons. The number of rotatable bonds is 52. The summed E-state index contributed by atoms with van der Waals surface area (Å²) in [6.45, 7) is 9.35. The predicted octanol–water partition coefficient (Wildman–Crippen LogP) is 14.7. The van der Waals surface area contributed by atoms with E-state index in [2.05, 4.69) is 78.4 Å². The van der Waals surface area contributed by atoms with E-state index in [4.69, 9.17) is 28.4 Å². The van der Waals surface area contributed by atoms with Crippen molar-refractivity contribution in [2.45, 2.75) is 238 Å². The molecule has 0 unspecified atom stereocenters. The Balaban J connectivity index is 4.77. The summed E-state index contributed by atoms with van der Waals surface area (Å²) in [4.78, 5) is 37.7. The Morgan fingerprint density at radius 3 is 0.824 bits per heavy atom. The first-order valence-corrected chi connectivity index (χ1v) is 28.1. The molecule has 0 saturated heterocycles. The lowest BCUT2D eigenvalue weighted by molar-refractivity contribution is -0.926. The van der Waals surface area contributed by atoms with Crippen LogP contribution in [0.1, 0.15) is 233 Å². The van der Waals surface area contributed by atoms with Gasteiger partial charge in [0.2, 0.25) is 0 Å². The molecule has 0 aliphatic rings. The summed E-state index contributed by atoms with van der Waals surface area (Å²) < 4.78 is 35.5. The molecule has 0 heterocycles. The fraction of sp³-hybridized carbons (Fsp3) is 0.845. The van der Waals surface area contributed by atoms with Crippen molar-refractivity contribution in [1.82, 2.24) is 0 Å². The molecule has 0 saturated carbocycles. The highest BCUT2D eigenvalue weighted by Gasteiger charge is 2.44. The Morgan fingerprint density at radius 1 is 0.338 bits per heavy atom. The Morgan fingerprint density at radius 2 is 0.574 bits per heavy atom. The fourth-order valence-electron chi connectivity index (χ4n) is 7.62. The van der Waals surface area contributed by atoms with Gasteiger partial charge in [0, 0.05) is 0 Å². The lowest BCUT2D eigenvalue weighted by atomic mass is 9.99. The lowest BCUT2D eigenvalue weighted by Crippen LogP contribution is -2.65. The molecule has 0 amide bonds. The van der Waals surface area contributed by atoms with Crippen molar-refractivity contribution in [3.8, 4) is 0 Å². The third kappa shape index (κ3) is 43.5. The maximum atomic E-state index is 12.6. The highest BCUT2D eigenvalue weighted by atomic mass is 16.5. The van der Waals surface area contributed by atoms with Gasteiger partial charge in [0.15, 0.2) is 5.54 Å². The van der Waals surface area contributed by atoms with Crippen LogP contribution in [0.25, 0.3) is 0 Å². The average Bonchev–Trinajstić information content (AvgIpc) is 3.31. The zero-order chi connectivity index (χ0) is 49.9. The molecule has 0 N–H and O–H groups in total. The summed E-state index contributed by atoms with van der Waals surface area (Å²) in [6.07, 6.45) is 49.5. The van der Waals surface area contributed by atoms with Crippen LogP contribution in [-0.4, -0.2) is 109 Å². The number of allylic oxidation sites excluding steroid dienone is 6. The maximum Gasteiger partial charge on any atom is 0.308 e. The van der Waals surface area contributed by atoms with Crippen molar-refractivity contribution in [1.29, 1.82) is 0 Å². The van der Waals surface area contributed by atoms with Crippen molar-refractivity contribution in [2.24, 2.45) is 0 Å². The number of likely N-dealkylation sites (N-methyl/N-ethyl adjacent to an activating group) is 1. The van der Waals surface area contributed by atoms with E-state index in [0.29, 0.717) is 24.3 Å². The smallest absolute Gasteiger partial charge is 0.308 e. The van der Waals surface area contributed by atoms with E-state index < -0.39 is 5.54 Å². The van der Waals surface area contributed by atoms with Crippen molar-refractivity contribution in [3.63, 3.8) is 0 Å². The second kappa shape index (κ2) is 49.5. The van der Waals surface area contributed by atoms with Gasteiger partial charge in [0.05, 0.1) is 80.0 Å². The molecule has 0 atom stereocenters. The van der Waals surface area contributed by atoms with Gasteiger partial charge in [-0.1, -0.05) is 173 Å². The van der Waals surface area contributed by atoms with Crippen LogP contribution < -0.4 is 0 Å². The SMILES string of the molecule is CCCCC=CCCCCCCCCOC(=O)CCOCC(COCCC(=O)OCCCCCCCCC=CCCCC)(COCCC(=O)OCCCCCCCC/C=C\CCCC)[N+](C)(C)C. The van der Waals surface area contributed by atoms with Crippen LogP contribution in [0.2, 0.25) is 0 Å². The van der Waals surface area contributed by atoms with Crippen molar-refractivity contribution >= 4 is 17.9 Å². The standard InChI is InChI=1S/C58H108NO9/c1-7-10-13-16-19-22-25-28-31-34-37-40-46-66-55(60)43-49-63-52-58(59(4,5)6,53-64-50-44-56(61)67-47-41-38-35-32-29-26-23-20-17-14-11-8-2)54-65-51-45-57(62)68-48-42-39-36-33-30-27-24-21-18-15-12-9-3/h16-21H,7-15,22-54H2,1-6H3/q+1/b19-16-,20-17?,21-18?. The van der Waals surface area contributed by atoms with Gasteiger partial charge < -0.3 is 32.9 Å². The van der Waals surface area contributed by atoms with Gasteiger partial charge in [-0.2, -0.15) is 0 Å². The summed E-state index contributed by atoms with van der Waals surface area (Å²) in [5, 5.41) is 0. The number of nitrogens with zero attached hydrogens (tertiary/aromatic N) is 1. The minimum atomic E-state index is -0.681. The Bertz CT molecular complexity index is 1090. The topological polar surface area (TPSA) is 107 Å². The Kier molecular flexibility index (Phi) is 47.6. The first-order valence-electron chi connectivity index (χ1n) is 28.1. The van der Waals surface area contributed by atoms with Gasteiger partial charge in [-0.05, 0) is 77.0 Å². The van der Waals surface area contributed by atoms with Gasteiger partial charge in [0.1, 0.15) is 19.8 Å². The number of ether oxygens (including phenoxy) is 6. The van der Waals surface area contributed by atoms with Crippen LogP contribution in [-0.2, 0) is 42.8 Å². The van der Waals surface area contributed by atoms with Gasteiger partial charge in [-0.3, -0.25) is 14.4 Å². The number of hydrogen-bond acceptors (Lipinski definition) is 9. The highest BCUT2D eigenvalue weighted by Crippen LogP contribution is 2.23. The number of unbranched alkanes of at least 4 members (excludes halogenated alkanes) is 24. The number of hydrogen-bond donors (Lipinski definition) is 0. The van der Waals surface area contributed by atoms with Crippen molar-refractivity contribution in [2.75, 3.05) is 80.6 Å². The van der Waals surface area contributed by atoms with E-state index in [1.807, 2.05) is 0 Å². The lowest BCUT2D eigenvalue weighted by Gasteiger charge is -2.45. The van der Waals surface area contributed by atoms with E-state index >= 15 is 0 Å². The summed E-state index contributed by atoms with van der Waals surface area (Å²) in [5.74, 6) is -0.785. The summed E-state index contributed by atoms with van der Waals surface area (Å²) >= 11 is 0. The summed E-state index contributed by atoms with van der Waals surface area (Å²) in [7, 11) is 6.15.